The smallest absolute Gasteiger partial charge is 0.211 e. The second-order valence-electron chi connectivity index (χ2n) is 6.34. The normalized spacial score (nSPS) is 11.2. The zero-order chi connectivity index (χ0) is 20.6. The Labute approximate surface area is 174 Å². The molecule has 0 radical (unpaired) electrons. The molecule has 8 heteroatoms. The van der Waals surface area contributed by atoms with Crippen LogP contribution in [-0.2, 0) is 6.61 Å². The van der Waals surface area contributed by atoms with Crippen LogP contribution in [0.5, 0.6) is 17.2 Å². The first kappa shape index (κ1) is 20.7. The largest absolute Gasteiger partial charge is 0.493 e. The zero-order valence-electron chi connectivity index (χ0n) is 16.9. The Morgan fingerprint density at radius 1 is 1.10 bits per heavy atom. The third-order valence-corrected chi connectivity index (χ3v) is 4.46. The van der Waals surface area contributed by atoms with E-state index in [0.717, 1.165) is 11.3 Å². The zero-order valence-corrected chi connectivity index (χ0v) is 17.7. The van der Waals surface area contributed by atoms with Crippen LogP contribution in [0.2, 0.25) is 0 Å². The summed E-state index contributed by atoms with van der Waals surface area (Å²) in [5.74, 6) is 2.73. The van der Waals surface area contributed by atoms with Crippen LogP contribution in [-0.4, -0.2) is 40.6 Å². The maximum absolute atomic E-state index is 5.79. The van der Waals surface area contributed by atoms with Crippen LogP contribution in [0.3, 0.4) is 0 Å². The number of benzene rings is 2. The van der Waals surface area contributed by atoms with Gasteiger partial charge in [-0.2, -0.15) is 9.78 Å². The Kier molecular flexibility index (Phi) is 7.13. The highest BCUT2D eigenvalue weighted by Gasteiger charge is 2.12. The Morgan fingerprint density at radius 3 is 2.59 bits per heavy atom. The van der Waals surface area contributed by atoms with E-state index in [1.165, 1.54) is 11.8 Å². The van der Waals surface area contributed by atoms with Crippen molar-refractivity contribution in [2.75, 3.05) is 13.4 Å². The van der Waals surface area contributed by atoms with Crippen molar-refractivity contribution >= 4 is 18.0 Å². The molecule has 0 fully saturated rings. The van der Waals surface area contributed by atoms with Gasteiger partial charge in [-0.15, -0.1) is 10.2 Å². The number of hydrogen-bond donors (Lipinski definition) is 0. The van der Waals surface area contributed by atoms with Gasteiger partial charge in [0, 0.05) is 0 Å². The number of thioether (sulfide) groups is 1. The summed E-state index contributed by atoms with van der Waals surface area (Å²) in [5, 5.41) is 13.6. The van der Waals surface area contributed by atoms with Gasteiger partial charge in [-0.05, 0) is 56.0 Å². The molecule has 0 bridgehead atoms. The molecule has 2 aromatic carbocycles. The number of methoxy groups -OCH3 is 1. The van der Waals surface area contributed by atoms with Crippen molar-refractivity contribution in [3.8, 4) is 17.2 Å². The molecule has 29 heavy (non-hydrogen) atoms. The summed E-state index contributed by atoms with van der Waals surface area (Å²) in [5.41, 5.74) is 0.869. The van der Waals surface area contributed by atoms with Crippen LogP contribution in [0.15, 0.2) is 58.8 Å². The molecular weight excluding hydrogens is 388 g/mol. The van der Waals surface area contributed by atoms with E-state index in [2.05, 4.69) is 15.3 Å². The Morgan fingerprint density at radius 2 is 1.90 bits per heavy atom. The number of ether oxygens (including phenoxy) is 3. The average molecular weight is 413 g/mol. The first-order valence-electron chi connectivity index (χ1n) is 9.16. The molecule has 0 aliphatic carbocycles. The molecule has 0 unspecified atom stereocenters. The maximum atomic E-state index is 5.79. The summed E-state index contributed by atoms with van der Waals surface area (Å²) in [6.45, 7) is 4.22. The third-order valence-electron chi connectivity index (χ3n) is 3.84. The van der Waals surface area contributed by atoms with Crippen LogP contribution in [0.25, 0.3) is 0 Å². The fourth-order valence-corrected chi connectivity index (χ4v) is 2.98. The van der Waals surface area contributed by atoms with Gasteiger partial charge >= 0.3 is 0 Å². The summed E-state index contributed by atoms with van der Waals surface area (Å²) in [7, 11) is 1.62. The van der Waals surface area contributed by atoms with E-state index in [4.69, 9.17) is 14.2 Å². The summed E-state index contributed by atoms with van der Waals surface area (Å²) >= 11 is 1.47. The topological polar surface area (TPSA) is 70.8 Å². The standard InChI is InChI=1S/C21H24N4O3S/c1-15(2)28-18-11-10-16(12-19(18)26-3)13-22-25-20(23-24-21(25)29-4)14-27-17-8-6-5-7-9-17/h5-13,15H,14H2,1-4H3/b22-13-. The lowest BCUT2D eigenvalue weighted by molar-refractivity contribution is 0.230. The van der Waals surface area contributed by atoms with Crippen LogP contribution in [0.1, 0.15) is 25.2 Å². The van der Waals surface area contributed by atoms with Gasteiger partial charge in [0.25, 0.3) is 0 Å². The van der Waals surface area contributed by atoms with E-state index >= 15 is 0 Å². The minimum atomic E-state index is 0.0664. The fraction of sp³-hybridized carbons (Fsp3) is 0.286. The fourth-order valence-electron chi connectivity index (χ4n) is 2.53. The van der Waals surface area contributed by atoms with Gasteiger partial charge in [0.15, 0.2) is 17.3 Å². The number of hydrogen-bond acceptors (Lipinski definition) is 7. The Hall–Kier alpha value is -3.00. The van der Waals surface area contributed by atoms with Crippen molar-refractivity contribution in [1.82, 2.24) is 14.9 Å². The third kappa shape index (κ3) is 5.51. The van der Waals surface area contributed by atoms with Crippen LogP contribution < -0.4 is 14.2 Å². The van der Waals surface area contributed by atoms with Crippen molar-refractivity contribution in [2.24, 2.45) is 5.10 Å². The lowest BCUT2D eigenvalue weighted by Gasteiger charge is -2.13. The average Bonchev–Trinajstić information content (AvgIpc) is 3.13. The molecule has 0 N–H and O–H groups in total. The van der Waals surface area contributed by atoms with Gasteiger partial charge in [-0.25, -0.2) is 0 Å². The van der Waals surface area contributed by atoms with Gasteiger partial charge in [-0.3, -0.25) is 0 Å². The number of aromatic nitrogens is 3. The first-order chi connectivity index (χ1) is 14.1. The molecule has 7 nitrogen and oxygen atoms in total. The molecule has 0 amide bonds. The van der Waals surface area contributed by atoms with Gasteiger partial charge < -0.3 is 14.2 Å². The van der Waals surface area contributed by atoms with Gasteiger partial charge in [-0.1, -0.05) is 30.0 Å². The van der Waals surface area contributed by atoms with Crippen molar-refractivity contribution in [3.05, 3.63) is 59.9 Å². The predicted molar refractivity (Wildman–Crippen MR) is 114 cm³/mol. The molecule has 0 saturated carbocycles. The minimum Gasteiger partial charge on any atom is -0.493 e. The number of rotatable bonds is 9. The second-order valence-corrected chi connectivity index (χ2v) is 7.11. The van der Waals surface area contributed by atoms with E-state index < -0.39 is 0 Å². The Balaban J connectivity index is 1.80. The Bertz CT molecular complexity index is 958. The van der Waals surface area contributed by atoms with Gasteiger partial charge in [0.1, 0.15) is 12.4 Å². The number of para-hydroxylation sites is 1. The second kappa shape index (κ2) is 9.97. The molecule has 152 valence electrons. The maximum Gasteiger partial charge on any atom is 0.211 e. The summed E-state index contributed by atoms with van der Waals surface area (Å²) < 4.78 is 18.7. The predicted octanol–water partition coefficient (Wildman–Crippen LogP) is 4.26. The van der Waals surface area contributed by atoms with Crippen molar-refractivity contribution in [1.29, 1.82) is 0 Å². The van der Waals surface area contributed by atoms with E-state index in [0.29, 0.717) is 22.5 Å². The molecule has 1 heterocycles. The van der Waals surface area contributed by atoms with Crippen LogP contribution >= 0.6 is 11.8 Å². The van der Waals surface area contributed by atoms with Crippen molar-refractivity contribution in [3.63, 3.8) is 0 Å². The lowest BCUT2D eigenvalue weighted by Crippen LogP contribution is -2.07. The summed E-state index contributed by atoms with van der Waals surface area (Å²) in [4.78, 5) is 0. The SMILES string of the molecule is COc1cc(/C=N\n2c(COc3ccccc3)nnc2SC)ccc1OC(C)C. The lowest BCUT2D eigenvalue weighted by atomic mass is 10.2. The molecule has 0 saturated heterocycles. The van der Waals surface area contributed by atoms with Crippen LogP contribution in [0, 0.1) is 0 Å². The molecular formula is C21H24N4O3S. The highest BCUT2D eigenvalue weighted by Crippen LogP contribution is 2.28. The summed E-state index contributed by atoms with van der Waals surface area (Å²) in [6.07, 6.45) is 3.73. The van der Waals surface area contributed by atoms with E-state index in [-0.39, 0.29) is 12.7 Å². The molecule has 0 atom stereocenters. The van der Waals surface area contributed by atoms with E-state index in [1.807, 2.05) is 68.6 Å². The van der Waals surface area contributed by atoms with E-state index in [9.17, 15) is 0 Å². The quantitative estimate of drug-likeness (QED) is 0.386. The molecule has 3 aromatic rings. The van der Waals surface area contributed by atoms with Crippen molar-refractivity contribution in [2.45, 2.75) is 31.7 Å². The highest BCUT2D eigenvalue weighted by molar-refractivity contribution is 7.98. The molecule has 1 aromatic heterocycles. The summed E-state index contributed by atoms with van der Waals surface area (Å²) in [6, 6.07) is 15.3. The number of nitrogens with zero attached hydrogens (tertiary/aromatic N) is 4. The molecule has 3 rings (SSSR count). The van der Waals surface area contributed by atoms with Gasteiger partial charge in [0.2, 0.25) is 5.16 Å². The first-order valence-corrected chi connectivity index (χ1v) is 10.4. The van der Waals surface area contributed by atoms with E-state index in [1.54, 1.807) is 18.0 Å². The minimum absolute atomic E-state index is 0.0664. The molecule has 0 aliphatic heterocycles. The van der Waals surface area contributed by atoms with Gasteiger partial charge in [0.05, 0.1) is 19.4 Å². The van der Waals surface area contributed by atoms with Crippen molar-refractivity contribution < 1.29 is 14.2 Å². The molecule has 0 aliphatic rings. The highest BCUT2D eigenvalue weighted by atomic mass is 32.2. The monoisotopic (exact) mass is 412 g/mol. The van der Waals surface area contributed by atoms with Crippen LogP contribution in [0.4, 0.5) is 0 Å². The molecule has 0 spiro atoms.